The second-order valence-corrected chi connectivity index (χ2v) is 6.62. The van der Waals surface area contributed by atoms with Crippen molar-refractivity contribution in [1.82, 2.24) is 4.98 Å². The van der Waals surface area contributed by atoms with Crippen LogP contribution in [0.4, 0.5) is 4.39 Å². The maximum atomic E-state index is 13.8. The maximum Gasteiger partial charge on any atom is 0.141 e. The van der Waals surface area contributed by atoms with Crippen LogP contribution < -0.4 is 4.74 Å². The summed E-state index contributed by atoms with van der Waals surface area (Å²) in [5.74, 6) is 0.0940. The van der Waals surface area contributed by atoms with Crippen LogP contribution in [0, 0.1) is 17.1 Å². The van der Waals surface area contributed by atoms with E-state index in [2.05, 4.69) is 4.98 Å². The summed E-state index contributed by atoms with van der Waals surface area (Å²) in [7, 11) is 0. The molecule has 2 aromatic carbocycles. The summed E-state index contributed by atoms with van der Waals surface area (Å²) < 4.78 is 19.6. The molecule has 0 fully saturated rings. The number of hydrogen-bond acceptors (Lipinski definition) is 4. The van der Waals surface area contributed by atoms with Gasteiger partial charge in [0.2, 0.25) is 0 Å². The molecule has 28 heavy (non-hydrogen) atoms. The lowest BCUT2D eigenvalue weighted by molar-refractivity contribution is 0.0420. The first-order valence-corrected chi connectivity index (χ1v) is 9.10. The molecule has 0 saturated carbocycles. The lowest BCUT2D eigenvalue weighted by Gasteiger charge is -2.20. The third kappa shape index (κ3) is 4.93. The molecule has 1 heterocycles. The second kappa shape index (κ2) is 9.12. The van der Waals surface area contributed by atoms with E-state index in [4.69, 9.17) is 10.00 Å². The van der Waals surface area contributed by atoms with Crippen LogP contribution in [0.3, 0.4) is 0 Å². The summed E-state index contributed by atoms with van der Waals surface area (Å²) >= 11 is 0. The van der Waals surface area contributed by atoms with E-state index in [-0.39, 0.29) is 11.7 Å². The molecular weight excluding hydrogens is 355 g/mol. The van der Waals surface area contributed by atoms with Crippen molar-refractivity contribution in [1.29, 1.82) is 5.26 Å². The molecule has 1 N–H and O–H groups in total. The number of halogens is 1. The number of ether oxygens (including phenoxy) is 1. The molecule has 3 rings (SSSR count). The van der Waals surface area contributed by atoms with Gasteiger partial charge in [-0.15, -0.1) is 0 Å². The molecule has 0 aliphatic rings. The summed E-state index contributed by atoms with van der Waals surface area (Å²) in [5, 5.41) is 19.2. The zero-order valence-electron chi connectivity index (χ0n) is 15.5. The SMILES string of the molecule is C[C@H](Oc1ccc(-c2ccc(C#N)c(F)c2)cc1)[C@H](O)CCc1cccnc1. The molecule has 0 aliphatic carbocycles. The van der Waals surface area contributed by atoms with Crippen LogP contribution in [-0.2, 0) is 6.42 Å². The van der Waals surface area contributed by atoms with Gasteiger partial charge in [-0.2, -0.15) is 5.26 Å². The van der Waals surface area contributed by atoms with E-state index < -0.39 is 11.9 Å². The Bertz CT molecular complexity index is 953. The molecule has 4 nitrogen and oxygen atoms in total. The van der Waals surface area contributed by atoms with E-state index in [9.17, 15) is 9.50 Å². The van der Waals surface area contributed by atoms with Gasteiger partial charge in [-0.3, -0.25) is 4.98 Å². The summed E-state index contributed by atoms with van der Waals surface area (Å²) in [6.07, 6.45) is 3.86. The molecule has 0 amide bonds. The third-order valence-electron chi connectivity index (χ3n) is 4.59. The van der Waals surface area contributed by atoms with Gasteiger partial charge in [0.05, 0.1) is 11.7 Å². The highest BCUT2D eigenvalue weighted by Crippen LogP contribution is 2.25. The summed E-state index contributed by atoms with van der Waals surface area (Å²) in [6.45, 7) is 1.83. The van der Waals surface area contributed by atoms with Crippen LogP contribution in [0.5, 0.6) is 5.75 Å². The first kappa shape index (κ1) is 19.5. The van der Waals surface area contributed by atoms with Crippen LogP contribution in [0.1, 0.15) is 24.5 Å². The zero-order valence-corrected chi connectivity index (χ0v) is 15.5. The average molecular weight is 376 g/mol. The molecule has 0 unspecified atom stereocenters. The van der Waals surface area contributed by atoms with Crippen LogP contribution in [0.25, 0.3) is 11.1 Å². The molecule has 0 saturated heterocycles. The Balaban J connectivity index is 1.59. The lowest BCUT2D eigenvalue weighted by Crippen LogP contribution is -2.29. The van der Waals surface area contributed by atoms with Gasteiger partial charge in [-0.1, -0.05) is 24.3 Å². The Morgan fingerprint density at radius 2 is 1.89 bits per heavy atom. The van der Waals surface area contributed by atoms with Gasteiger partial charge >= 0.3 is 0 Å². The lowest BCUT2D eigenvalue weighted by atomic mass is 10.0. The van der Waals surface area contributed by atoms with Crippen molar-refractivity contribution in [3.8, 4) is 22.9 Å². The fourth-order valence-corrected chi connectivity index (χ4v) is 2.90. The number of pyridine rings is 1. The Morgan fingerprint density at radius 3 is 2.54 bits per heavy atom. The van der Waals surface area contributed by atoms with Gasteiger partial charge in [-0.25, -0.2) is 4.39 Å². The summed E-state index contributed by atoms with van der Waals surface area (Å²) in [5.41, 5.74) is 2.61. The quantitative estimate of drug-likeness (QED) is 0.658. The normalized spacial score (nSPS) is 12.8. The first-order valence-electron chi connectivity index (χ1n) is 9.10. The topological polar surface area (TPSA) is 66.1 Å². The van der Waals surface area contributed by atoms with Crippen molar-refractivity contribution >= 4 is 0 Å². The minimum Gasteiger partial charge on any atom is -0.488 e. The number of hydrogen-bond donors (Lipinski definition) is 1. The molecule has 0 bridgehead atoms. The number of aliphatic hydroxyl groups excluding tert-OH is 1. The highest BCUT2D eigenvalue weighted by Gasteiger charge is 2.16. The molecule has 1 aromatic heterocycles. The predicted octanol–water partition coefficient (Wildman–Crippen LogP) is 4.52. The summed E-state index contributed by atoms with van der Waals surface area (Å²) in [4.78, 5) is 4.07. The minimum atomic E-state index is -0.604. The average Bonchev–Trinajstić information content (AvgIpc) is 2.73. The Morgan fingerprint density at radius 1 is 1.14 bits per heavy atom. The van der Waals surface area contributed by atoms with Crippen LogP contribution in [0.2, 0.25) is 0 Å². The van der Waals surface area contributed by atoms with Crippen molar-refractivity contribution in [2.45, 2.75) is 32.0 Å². The van der Waals surface area contributed by atoms with Crippen LogP contribution >= 0.6 is 0 Å². The van der Waals surface area contributed by atoms with Crippen molar-refractivity contribution in [2.24, 2.45) is 0 Å². The van der Waals surface area contributed by atoms with Crippen LogP contribution in [0.15, 0.2) is 67.0 Å². The predicted molar refractivity (Wildman–Crippen MR) is 105 cm³/mol. The number of nitriles is 1. The van der Waals surface area contributed by atoms with E-state index in [1.807, 2.05) is 37.3 Å². The minimum absolute atomic E-state index is 0.0257. The second-order valence-electron chi connectivity index (χ2n) is 6.62. The smallest absolute Gasteiger partial charge is 0.141 e. The molecule has 0 spiro atoms. The Hall–Kier alpha value is -3.23. The number of rotatable bonds is 7. The molecule has 0 radical (unpaired) electrons. The number of aliphatic hydroxyl groups is 1. The molecular formula is C23H21FN2O2. The van der Waals surface area contributed by atoms with Gasteiger partial charge in [0.25, 0.3) is 0 Å². The highest BCUT2D eigenvalue weighted by atomic mass is 19.1. The highest BCUT2D eigenvalue weighted by molar-refractivity contribution is 5.65. The van der Waals surface area contributed by atoms with E-state index in [1.54, 1.807) is 30.6 Å². The van der Waals surface area contributed by atoms with E-state index in [0.717, 1.165) is 17.5 Å². The van der Waals surface area contributed by atoms with Gasteiger partial charge < -0.3 is 9.84 Å². The van der Waals surface area contributed by atoms with Crippen molar-refractivity contribution < 1.29 is 14.2 Å². The van der Waals surface area contributed by atoms with Crippen molar-refractivity contribution in [3.63, 3.8) is 0 Å². The van der Waals surface area contributed by atoms with Gasteiger partial charge in [0, 0.05) is 12.4 Å². The fraction of sp³-hybridized carbons (Fsp3) is 0.217. The Kier molecular flexibility index (Phi) is 6.36. The van der Waals surface area contributed by atoms with E-state index in [1.165, 1.54) is 12.1 Å². The van der Waals surface area contributed by atoms with Crippen molar-refractivity contribution in [2.75, 3.05) is 0 Å². The summed E-state index contributed by atoms with van der Waals surface area (Å²) in [6, 6.07) is 17.4. The molecule has 2 atom stereocenters. The number of aromatic nitrogens is 1. The Labute approximate surface area is 163 Å². The standard InChI is InChI=1S/C23H21FN2O2/c1-16(23(27)11-4-17-3-2-12-26-15-17)28-21-9-7-18(8-10-21)19-5-6-20(14-25)22(24)13-19/h2-3,5-10,12-13,15-16,23,27H,4,11H2,1H3/t16-,23+/m0/s1. The molecule has 5 heteroatoms. The van der Waals surface area contributed by atoms with E-state index in [0.29, 0.717) is 17.7 Å². The number of benzene rings is 2. The third-order valence-corrected chi connectivity index (χ3v) is 4.59. The van der Waals surface area contributed by atoms with E-state index >= 15 is 0 Å². The monoisotopic (exact) mass is 376 g/mol. The maximum absolute atomic E-state index is 13.8. The molecule has 3 aromatic rings. The number of nitrogens with zero attached hydrogens (tertiary/aromatic N) is 2. The van der Waals surface area contributed by atoms with Crippen molar-refractivity contribution in [3.05, 3.63) is 83.9 Å². The molecule has 0 aliphatic heterocycles. The van der Waals surface area contributed by atoms with Crippen LogP contribution in [-0.4, -0.2) is 22.3 Å². The zero-order chi connectivity index (χ0) is 19.9. The number of aryl methyl sites for hydroxylation is 1. The molecule has 142 valence electrons. The first-order chi connectivity index (χ1) is 13.6. The largest absolute Gasteiger partial charge is 0.488 e. The van der Waals surface area contributed by atoms with Gasteiger partial charge in [0.15, 0.2) is 0 Å². The van der Waals surface area contributed by atoms with Gasteiger partial charge in [-0.05, 0) is 66.8 Å². The van der Waals surface area contributed by atoms with Gasteiger partial charge in [0.1, 0.15) is 23.7 Å². The fourth-order valence-electron chi connectivity index (χ4n) is 2.90.